The molecular formula is C106H60N6O4. The summed E-state index contributed by atoms with van der Waals surface area (Å²) in [5, 5.41) is 17.0. The van der Waals surface area contributed by atoms with E-state index in [1.165, 1.54) is 0 Å². The fourth-order valence-corrected chi connectivity index (χ4v) is 17.8. The predicted molar refractivity (Wildman–Crippen MR) is 472 cm³/mol. The van der Waals surface area contributed by atoms with Crippen molar-refractivity contribution in [2.45, 2.75) is 0 Å². The number of rotatable bonds is 11. The van der Waals surface area contributed by atoms with E-state index in [0.717, 1.165) is 220 Å². The average molecular weight is 1480 g/mol. The first-order valence-electron chi connectivity index (χ1n) is 38.9. The van der Waals surface area contributed by atoms with E-state index in [1.54, 1.807) is 0 Å². The summed E-state index contributed by atoms with van der Waals surface area (Å²) in [4.78, 5) is 32.3. The van der Waals surface area contributed by atoms with Crippen LogP contribution in [-0.4, -0.2) is 29.9 Å². The van der Waals surface area contributed by atoms with Gasteiger partial charge in [-0.2, -0.15) is 0 Å². The van der Waals surface area contributed by atoms with Gasteiger partial charge >= 0.3 is 0 Å². The van der Waals surface area contributed by atoms with Crippen molar-refractivity contribution in [3.8, 4) is 124 Å². The minimum Gasteiger partial charge on any atom is -0.456 e. The molecule has 0 unspecified atom stereocenters. The topological polar surface area (TPSA) is 130 Å². The second-order valence-corrected chi connectivity index (χ2v) is 29.8. The van der Waals surface area contributed by atoms with Crippen molar-refractivity contribution in [3.05, 3.63) is 364 Å². The number of benzene rings is 18. The molecule has 538 valence electrons. The molecule has 10 nitrogen and oxygen atoms in total. The lowest BCUT2D eigenvalue weighted by molar-refractivity contribution is 0.668. The second kappa shape index (κ2) is 25.9. The Bertz CT molecular complexity index is 8220. The zero-order chi connectivity index (χ0) is 76.1. The highest BCUT2D eigenvalue weighted by Crippen LogP contribution is 2.48. The molecule has 0 atom stereocenters. The van der Waals surface area contributed by atoms with Crippen molar-refractivity contribution in [3.63, 3.8) is 0 Å². The van der Waals surface area contributed by atoms with E-state index in [-0.39, 0.29) is 0 Å². The summed E-state index contributed by atoms with van der Waals surface area (Å²) in [5.41, 5.74) is 22.6. The van der Waals surface area contributed by atoms with E-state index in [9.17, 15) is 0 Å². The van der Waals surface area contributed by atoms with Crippen molar-refractivity contribution in [2.24, 2.45) is 0 Å². The molecule has 0 spiro atoms. The molecule has 24 aromatic rings. The molecular weight excluding hydrogens is 1420 g/mol. The second-order valence-electron chi connectivity index (χ2n) is 29.8. The Labute approximate surface area is 662 Å². The monoisotopic (exact) mass is 1480 g/mol. The van der Waals surface area contributed by atoms with Crippen LogP contribution >= 0.6 is 0 Å². The van der Waals surface area contributed by atoms with Crippen LogP contribution in [-0.2, 0) is 0 Å². The number of furan rings is 4. The first kappa shape index (κ1) is 65.0. The molecule has 0 radical (unpaired) electrons. The lowest BCUT2D eigenvalue weighted by atomic mass is 9.91. The van der Waals surface area contributed by atoms with Gasteiger partial charge in [-0.25, -0.2) is 29.9 Å². The van der Waals surface area contributed by atoms with Crippen LogP contribution in [0.25, 0.3) is 255 Å². The van der Waals surface area contributed by atoms with Crippen LogP contribution in [0.5, 0.6) is 0 Å². The van der Waals surface area contributed by atoms with Crippen LogP contribution in [0.15, 0.2) is 382 Å². The average Bonchev–Trinajstić information content (AvgIpc) is 1.48. The van der Waals surface area contributed by atoms with Gasteiger partial charge in [0.15, 0.2) is 34.9 Å². The molecule has 116 heavy (non-hydrogen) atoms. The summed E-state index contributed by atoms with van der Waals surface area (Å²) in [5.74, 6) is 3.40. The summed E-state index contributed by atoms with van der Waals surface area (Å²) in [7, 11) is 0. The highest BCUT2D eigenvalue weighted by Gasteiger charge is 2.25. The maximum Gasteiger partial charge on any atom is 0.164 e. The molecule has 10 heteroatoms. The predicted octanol–water partition coefficient (Wildman–Crippen LogP) is 28.6. The van der Waals surface area contributed by atoms with Gasteiger partial charge in [-0.3, -0.25) is 0 Å². The summed E-state index contributed by atoms with van der Waals surface area (Å²) >= 11 is 0. The standard InChI is InChI=1S/C106H60N6O4/c1-2-18-61(19-3-1)68-20-14-21-69(58-68)102-108-104(71-49-45-66-51-57-95-99(88(66)60-71)85-28-10-13-35-91(85)115-95)112-106(110-102)82-55-53-78(74-23-5-7-25-76(74)82)80-31-17-37-93-97(80)86-32-15-29-72(100(86)116-93)64-42-38-62(39-43-64)63-40-46-67(47-41-63)101-107-103(70-48-44-65-50-56-94-98(87(65)59-70)84-27-9-12-34-90(84)114-94)111-105(109-101)81-54-52-77(73-22-4-6-24-75(73)81)79-30-16-36-92-96(79)83-26-8-11-33-89(83)113-92/h1-60H. The van der Waals surface area contributed by atoms with E-state index >= 15 is 0 Å². The quantitative estimate of drug-likeness (QED) is 0.123. The van der Waals surface area contributed by atoms with E-state index in [2.05, 4.69) is 315 Å². The number of hydrogen-bond donors (Lipinski definition) is 0. The van der Waals surface area contributed by atoms with Crippen LogP contribution in [0.4, 0.5) is 0 Å². The van der Waals surface area contributed by atoms with Crippen LogP contribution in [0.3, 0.4) is 0 Å². The third-order valence-corrected chi connectivity index (χ3v) is 23.2. The van der Waals surface area contributed by atoms with Gasteiger partial charge in [-0.05, 0) is 166 Å². The van der Waals surface area contributed by atoms with Gasteiger partial charge in [-0.1, -0.05) is 291 Å². The van der Waals surface area contributed by atoms with Crippen molar-refractivity contribution in [1.29, 1.82) is 0 Å². The van der Waals surface area contributed by atoms with Crippen LogP contribution in [0.1, 0.15) is 0 Å². The Morgan fingerprint density at radius 1 is 0.147 bits per heavy atom. The molecule has 6 aromatic heterocycles. The van der Waals surface area contributed by atoms with Crippen molar-refractivity contribution < 1.29 is 17.7 Å². The first-order valence-corrected chi connectivity index (χ1v) is 38.9. The van der Waals surface area contributed by atoms with Crippen molar-refractivity contribution in [1.82, 2.24) is 29.9 Å². The van der Waals surface area contributed by atoms with Crippen molar-refractivity contribution >= 4 is 131 Å². The third-order valence-electron chi connectivity index (χ3n) is 23.2. The van der Waals surface area contributed by atoms with E-state index in [0.29, 0.717) is 34.9 Å². The zero-order valence-corrected chi connectivity index (χ0v) is 62.0. The normalized spacial score (nSPS) is 12.0. The van der Waals surface area contributed by atoms with Gasteiger partial charge in [0.1, 0.15) is 44.7 Å². The van der Waals surface area contributed by atoms with Gasteiger partial charge < -0.3 is 17.7 Å². The SMILES string of the molecule is c1ccc(-c2cccc(-c3nc(-c4ccc5ccc6oc7ccccc7c6c5c4)nc(-c4ccc(-c5cccc6oc7c(-c8ccc(-c9ccc(-c%10nc(-c%11ccc%12ccc%13oc%14ccccc%14c%13c%12c%11)nc(-c%11ccc(-c%12cccc%13oc%14ccccc%14c%12%13)c%12ccccc%11%12)n%10)cc9)cc8)cccc7c56)c5ccccc45)n3)c2)cc1. The third kappa shape index (κ3) is 10.5. The first-order chi connectivity index (χ1) is 57.4. The minimum atomic E-state index is 0.558. The molecule has 24 rings (SSSR count). The van der Waals surface area contributed by atoms with Crippen LogP contribution < -0.4 is 0 Å². The largest absolute Gasteiger partial charge is 0.456 e. The van der Waals surface area contributed by atoms with Crippen LogP contribution in [0, 0.1) is 0 Å². The Hall–Kier alpha value is -15.8. The maximum absolute atomic E-state index is 7.02. The smallest absolute Gasteiger partial charge is 0.164 e. The number of hydrogen-bond acceptors (Lipinski definition) is 10. The molecule has 0 aliphatic rings. The summed E-state index contributed by atoms with van der Waals surface area (Å²) < 4.78 is 26.2. The summed E-state index contributed by atoms with van der Waals surface area (Å²) in [6, 6.07) is 127. The molecule has 0 saturated heterocycles. The molecule has 0 aliphatic carbocycles. The molecule has 0 fully saturated rings. The number of fused-ring (bicyclic) bond motifs is 18. The lowest BCUT2D eigenvalue weighted by Crippen LogP contribution is -2.01. The van der Waals surface area contributed by atoms with Gasteiger partial charge in [0.25, 0.3) is 0 Å². The number of aromatic nitrogens is 6. The van der Waals surface area contributed by atoms with E-state index in [1.807, 2.05) is 48.5 Å². The lowest BCUT2D eigenvalue weighted by Gasteiger charge is -2.14. The molecule has 0 saturated carbocycles. The summed E-state index contributed by atoms with van der Waals surface area (Å²) in [6.07, 6.45) is 0. The highest BCUT2D eigenvalue weighted by molar-refractivity contribution is 6.23. The van der Waals surface area contributed by atoms with Crippen LogP contribution in [0.2, 0.25) is 0 Å². The van der Waals surface area contributed by atoms with E-state index in [4.69, 9.17) is 47.6 Å². The fraction of sp³-hybridized carbons (Fsp3) is 0. The Morgan fingerprint density at radius 3 is 0.991 bits per heavy atom. The fourth-order valence-electron chi connectivity index (χ4n) is 17.8. The highest BCUT2D eigenvalue weighted by atomic mass is 16.3. The van der Waals surface area contributed by atoms with Gasteiger partial charge in [-0.15, -0.1) is 0 Å². The van der Waals surface area contributed by atoms with E-state index < -0.39 is 0 Å². The Morgan fingerprint density at radius 2 is 0.466 bits per heavy atom. The Kier molecular flexibility index (Phi) is 14.5. The maximum atomic E-state index is 7.02. The van der Waals surface area contributed by atoms with Gasteiger partial charge in [0.05, 0.1) is 0 Å². The Balaban J connectivity index is 0.579. The minimum absolute atomic E-state index is 0.558. The summed E-state index contributed by atoms with van der Waals surface area (Å²) in [6.45, 7) is 0. The molecule has 0 aliphatic heterocycles. The molecule has 0 bridgehead atoms. The number of nitrogens with zero attached hydrogens (tertiary/aromatic N) is 6. The zero-order valence-electron chi connectivity index (χ0n) is 62.0. The van der Waals surface area contributed by atoms with Gasteiger partial charge in [0.2, 0.25) is 0 Å². The number of para-hydroxylation sites is 4. The molecule has 18 aromatic carbocycles. The van der Waals surface area contributed by atoms with Crippen molar-refractivity contribution in [2.75, 3.05) is 0 Å². The molecule has 0 N–H and O–H groups in total. The molecule has 0 amide bonds. The van der Waals surface area contributed by atoms with Gasteiger partial charge in [0, 0.05) is 82.0 Å². The molecule has 6 heterocycles.